The van der Waals surface area contributed by atoms with Crippen LogP contribution in [-0.4, -0.2) is 28.6 Å². The number of nitrogens with one attached hydrogen (secondary N) is 1. The molecule has 16 heavy (non-hydrogen) atoms. The highest BCUT2D eigenvalue weighted by Crippen LogP contribution is 2.16. The first-order valence-corrected chi connectivity index (χ1v) is 5.80. The fourth-order valence-electron chi connectivity index (χ4n) is 1.04. The summed E-state index contributed by atoms with van der Waals surface area (Å²) in [6.45, 7) is 6.01. The summed E-state index contributed by atoms with van der Waals surface area (Å²) in [5.41, 5.74) is 0.236. The first-order chi connectivity index (χ1) is 7.54. The van der Waals surface area contributed by atoms with Gasteiger partial charge in [-0.2, -0.15) is 0 Å². The molecule has 1 heterocycles. The van der Waals surface area contributed by atoms with Crippen molar-refractivity contribution in [3.8, 4) is 0 Å². The number of hydrogen-bond donors (Lipinski definition) is 1. The highest BCUT2D eigenvalue weighted by molar-refractivity contribution is 9.10. The Morgan fingerprint density at radius 1 is 1.62 bits per heavy atom. The lowest BCUT2D eigenvalue weighted by atomic mass is 10.4. The van der Waals surface area contributed by atoms with Gasteiger partial charge >= 0.3 is 5.97 Å². The standard InChI is InChI=1S/C10H14BrN3O2/c1-4-16-9(15)8-7(11)5-12-10(14-8)13-6(2)3/h5-6H,4H2,1-3H3,(H,12,13,14). The quantitative estimate of drug-likeness (QED) is 0.861. The van der Waals surface area contributed by atoms with Crippen molar-refractivity contribution in [2.24, 2.45) is 0 Å². The maximum atomic E-state index is 11.5. The Hall–Kier alpha value is -1.17. The molecule has 0 fully saturated rings. The molecule has 0 spiro atoms. The highest BCUT2D eigenvalue weighted by atomic mass is 79.9. The molecule has 5 nitrogen and oxygen atoms in total. The zero-order chi connectivity index (χ0) is 12.1. The Balaban J connectivity index is 2.94. The molecule has 0 aliphatic rings. The molecule has 0 amide bonds. The van der Waals surface area contributed by atoms with Gasteiger partial charge < -0.3 is 10.1 Å². The van der Waals surface area contributed by atoms with Crippen LogP contribution in [0.4, 0.5) is 5.95 Å². The number of anilines is 1. The Bertz CT molecular complexity index is 382. The van der Waals surface area contributed by atoms with E-state index in [1.54, 1.807) is 6.92 Å². The molecule has 1 rings (SSSR count). The summed E-state index contributed by atoms with van der Waals surface area (Å²) < 4.78 is 5.41. The molecule has 0 unspecified atom stereocenters. The van der Waals surface area contributed by atoms with Crippen LogP contribution in [-0.2, 0) is 4.74 Å². The Labute approximate surface area is 103 Å². The minimum atomic E-state index is -0.455. The number of hydrogen-bond acceptors (Lipinski definition) is 5. The number of carbonyl (C=O) groups is 1. The van der Waals surface area contributed by atoms with Crippen molar-refractivity contribution in [2.45, 2.75) is 26.8 Å². The summed E-state index contributed by atoms with van der Waals surface area (Å²) in [4.78, 5) is 19.7. The third-order valence-electron chi connectivity index (χ3n) is 1.63. The molecule has 0 saturated carbocycles. The predicted octanol–water partition coefficient (Wildman–Crippen LogP) is 2.24. The Kier molecular flexibility index (Phi) is 4.67. The van der Waals surface area contributed by atoms with E-state index >= 15 is 0 Å². The van der Waals surface area contributed by atoms with E-state index < -0.39 is 5.97 Å². The molecule has 0 bridgehead atoms. The van der Waals surface area contributed by atoms with Gasteiger partial charge in [-0.25, -0.2) is 14.8 Å². The molecule has 0 aliphatic carbocycles. The number of esters is 1. The van der Waals surface area contributed by atoms with Crippen molar-refractivity contribution in [3.05, 3.63) is 16.4 Å². The fourth-order valence-corrected chi connectivity index (χ4v) is 1.39. The normalized spacial score (nSPS) is 10.3. The van der Waals surface area contributed by atoms with Gasteiger partial charge in [-0.3, -0.25) is 0 Å². The molecular formula is C10H14BrN3O2. The van der Waals surface area contributed by atoms with Gasteiger partial charge in [-0.05, 0) is 36.7 Å². The van der Waals surface area contributed by atoms with E-state index in [1.165, 1.54) is 6.20 Å². The second-order valence-corrected chi connectivity index (χ2v) is 4.26. The molecule has 88 valence electrons. The third-order valence-corrected chi connectivity index (χ3v) is 2.21. The van der Waals surface area contributed by atoms with Crippen LogP contribution in [0.3, 0.4) is 0 Å². The lowest BCUT2D eigenvalue weighted by Gasteiger charge is -2.09. The summed E-state index contributed by atoms with van der Waals surface area (Å²) in [6.07, 6.45) is 1.53. The van der Waals surface area contributed by atoms with Gasteiger partial charge in [-0.1, -0.05) is 0 Å². The lowest BCUT2D eigenvalue weighted by Crippen LogP contribution is -2.15. The number of rotatable bonds is 4. The molecule has 0 atom stereocenters. The van der Waals surface area contributed by atoms with Crippen molar-refractivity contribution in [1.82, 2.24) is 9.97 Å². The zero-order valence-corrected chi connectivity index (χ0v) is 11.0. The summed E-state index contributed by atoms with van der Waals surface area (Å²) in [7, 11) is 0. The maximum absolute atomic E-state index is 11.5. The number of aromatic nitrogens is 2. The van der Waals surface area contributed by atoms with Crippen molar-refractivity contribution in [3.63, 3.8) is 0 Å². The largest absolute Gasteiger partial charge is 0.461 e. The van der Waals surface area contributed by atoms with Crippen LogP contribution in [0.5, 0.6) is 0 Å². The van der Waals surface area contributed by atoms with Gasteiger partial charge in [0.2, 0.25) is 5.95 Å². The summed E-state index contributed by atoms with van der Waals surface area (Å²) >= 11 is 3.21. The summed E-state index contributed by atoms with van der Waals surface area (Å²) in [6, 6.07) is 0.205. The second-order valence-electron chi connectivity index (χ2n) is 3.41. The molecule has 0 saturated heterocycles. The van der Waals surface area contributed by atoms with Crippen LogP contribution in [0.25, 0.3) is 0 Å². The van der Waals surface area contributed by atoms with E-state index in [0.717, 1.165) is 0 Å². The second kappa shape index (κ2) is 5.79. The molecular weight excluding hydrogens is 274 g/mol. The van der Waals surface area contributed by atoms with E-state index in [4.69, 9.17) is 4.74 Å². The SMILES string of the molecule is CCOC(=O)c1nc(NC(C)C)ncc1Br. The molecule has 0 aliphatic heterocycles. The number of ether oxygens (including phenoxy) is 1. The van der Waals surface area contributed by atoms with Gasteiger partial charge in [0.1, 0.15) is 0 Å². The van der Waals surface area contributed by atoms with Crippen molar-refractivity contribution in [1.29, 1.82) is 0 Å². The zero-order valence-electron chi connectivity index (χ0n) is 9.45. The highest BCUT2D eigenvalue weighted by Gasteiger charge is 2.14. The average molecular weight is 288 g/mol. The predicted molar refractivity (Wildman–Crippen MR) is 64.4 cm³/mol. The maximum Gasteiger partial charge on any atom is 0.358 e. The number of carbonyl (C=O) groups excluding carboxylic acids is 1. The smallest absolute Gasteiger partial charge is 0.358 e. The molecule has 1 aromatic rings. The number of halogens is 1. The van der Waals surface area contributed by atoms with Crippen LogP contribution in [0.2, 0.25) is 0 Å². The van der Waals surface area contributed by atoms with E-state index in [2.05, 4.69) is 31.2 Å². The minimum Gasteiger partial charge on any atom is -0.461 e. The Morgan fingerprint density at radius 2 is 2.31 bits per heavy atom. The van der Waals surface area contributed by atoms with Crippen molar-refractivity contribution < 1.29 is 9.53 Å². The van der Waals surface area contributed by atoms with Crippen LogP contribution < -0.4 is 5.32 Å². The fraction of sp³-hybridized carbons (Fsp3) is 0.500. The van der Waals surface area contributed by atoms with Crippen molar-refractivity contribution >= 4 is 27.8 Å². The van der Waals surface area contributed by atoms with Gasteiger partial charge in [0.15, 0.2) is 5.69 Å². The molecule has 0 aromatic carbocycles. The van der Waals surface area contributed by atoms with E-state index in [-0.39, 0.29) is 11.7 Å². The van der Waals surface area contributed by atoms with E-state index in [1.807, 2.05) is 13.8 Å². The average Bonchev–Trinajstić information content (AvgIpc) is 2.20. The van der Waals surface area contributed by atoms with Gasteiger partial charge in [0, 0.05) is 12.2 Å². The molecule has 6 heteroatoms. The summed E-state index contributed by atoms with van der Waals surface area (Å²) in [5.74, 6) is -0.0372. The first-order valence-electron chi connectivity index (χ1n) is 5.00. The van der Waals surface area contributed by atoms with Gasteiger partial charge in [-0.15, -0.1) is 0 Å². The first kappa shape index (κ1) is 12.9. The summed E-state index contributed by atoms with van der Waals surface area (Å²) in [5, 5.41) is 3.02. The van der Waals surface area contributed by atoms with Crippen LogP contribution in [0, 0.1) is 0 Å². The van der Waals surface area contributed by atoms with E-state index in [0.29, 0.717) is 17.0 Å². The van der Waals surface area contributed by atoms with Gasteiger partial charge in [0.25, 0.3) is 0 Å². The Morgan fingerprint density at radius 3 is 2.88 bits per heavy atom. The number of nitrogens with zero attached hydrogens (tertiary/aromatic N) is 2. The lowest BCUT2D eigenvalue weighted by molar-refractivity contribution is 0.0518. The molecule has 1 N–H and O–H groups in total. The van der Waals surface area contributed by atoms with E-state index in [9.17, 15) is 4.79 Å². The van der Waals surface area contributed by atoms with Crippen LogP contribution in [0.1, 0.15) is 31.3 Å². The topological polar surface area (TPSA) is 64.1 Å². The van der Waals surface area contributed by atoms with Gasteiger partial charge in [0.05, 0.1) is 11.1 Å². The monoisotopic (exact) mass is 287 g/mol. The van der Waals surface area contributed by atoms with Crippen molar-refractivity contribution in [2.75, 3.05) is 11.9 Å². The third kappa shape index (κ3) is 3.44. The minimum absolute atomic E-state index is 0.205. The van der Waals surface area contributed by atoms with Crippen LogP contribution in [0.15, 0.2) is 10.7 Å². The van der Waals surface area contributed by atoms with Crippen LogP contribution >= 0.6 is 15.9 Å². The molecule has 1 aromatic heterocycles. The molecule has 0 radical (unpaired) electrons.